The zero-order valence-electron chi connectivity index (χ0n) is 21.5. The van der Waals surface area contributed by atoms with E-state index in [9.17, 15) is 32.0 Å². The van der Waals surface area contributed by atoms with Crippen molar-refractivity contribution in [3.63, 3.8) is 0 Å². The molecule has 2 N–H and O–H groups in total. The molecule has 3 amide bonds. The van der Waals surface area contributed by atoms with Crippen LogP contribution in [0.2, 0.25) is 0 Å². The van der Waals surface area contributed by atoms with Crippen molar-refractivity contribution in [2.24, 2.45) is 0 Å². The summed E-state index contributed by atoms with van der Waals surface area (Å²) >= 11 is 0. The third-order valence-corrected chi connectivity index (χ3v) is 7.59. The number of carbonyl (C=O) groups excluding carboxylic acids is 2. The Morgan fingerprint density at radius 3 is 2.52 bits per heavy atom. The number of likely N-dealkylation sites (N-methyl/N-ethyl adjacent to an activating group) is 1. The lowest BCUT2D eigenvalue weighted by molar-refractivity contribution is -0.120. The van der Waals surface area contributed by atoms with Crippen molar-refractivity contribution in [1.29, 1.82) is 5.26 Å². The molecule has 14 heteroatoms. The maximum absolute atomic E-state index is 13.8. The molecule has 0 aliphatic carbocycles. The van der Waals surface area contributed by atoms with Crippen LogP contribution < -0.4 is 19.2 Å². The molecule has 2 heterocycles. The quantitative estimate of drug-likeness (QED) is 0.436. The molecule has 0 fully saturated rings. The monoisotopic (exact) mass is 588 g/mol. The molecule has 4 rings (SSSR count). The number of fused-ring (bicyclic) bond motifs is 1. The van der Waals surface area contributed by atoms with E-state index in [1.54, 1.807) is 25.1 Å². The summed E-state index contributed by atoms with van der Waals surface area (Å²) in [4.78, 5) is 31.6. The second kappa shape index (κ2) is 12.3. The first-order chi connectivity index (χ1) is 18.5. The highest BCUT2D eigenvalue weighted by atomic mass is 32.2. The van der Waals surface area contributed by atoms with Gasteiger partial charge in [0.2, 0.25) is 5.91 Å². The van der Waals surface area contributed by atoms with Gasteiger partial charge in [-0.1, -0.05) is 6.07 Å². The lowest BCUT2D eigenvalue weighted by Gasteiger charge is -2.26. The maximum atomic E-state index is 13.8. The number of hydrogen-bond donors (Lipinski definition) is 2. The molecule has 1 aliphatic rings. The number of benzene rings is 2. The number of urea groups is 1. The molecule has 0 spiro atoms. The van der Waals surface area contributed by atoms with E-state index in [1.807, 2.05) is 10.8 Å². The van der Waals surface area contributed by atoms with E-state index >= 15 is 0 Å². The number of hydrogen-bond acceptors (Lipinski definition) is 6. The van der Waals surface area contributed by atoms with Gasteiger partial charge < -0.3 is 10.2 Å². The Hall–Kier alpha value is -4.22. The summed E-state index contributed by atoms with van der Waals surface area (Å²) in [5.41, 5.74) is 2.17. The van der Waals surface area contributed by atoms with E-state index in [0.717, 1.165) is 16.4 Å². The van der Waals surface area contributed by atoms with Crippen LogP contribution in [0.4, 0.5) is 25.1 Å². The fourth-order valence-corrected chi connectivity index (χ4v) is 5.41. The largest absolute Gasteiger partial charge is 0.330 e. The van der Waals surface area contributed by atoms with E-state index in [-0.39, 0.29) is 37.8 Å². The summed E-state index contributed by atoms with van der Waals surface area (Å²) in [5, 5.41) is 11.5. The number of nitriles is 1. The number of aryl methyl sites for hydroxylation is 1. The molecular weight excluding hydrogens is 562 g/mol. The minimum Gasteiger partial charge on any atom is -0.325 e. The summed E-state index contributed by atoms with van der Waals surface area (Å²) in [7, 11) is -2.96. The number of nitrogens with zero attached hydrogens (tertiary/aromatic N) is 4. The van der Waals surface area contributed by atoms with Crippen LogP contribution in [0, 0.1) is 29.9 Å². The lowest BCUT2D eigenvalue weighted by atomic mass is 10.0. The predicted octanol–water partition coefficient (Wildman–Crippen LogP) is 2.83. The Labute approximate surface area is 237 Å². The SMILES string of the molecule is Cc1cc(N(C)C(=O)[C@H](Cc2cc(F)cc(F)c2)NC(=O)NS(=O)(=O)N2CCc3cccnc32)ccc1C#N.S. The Kier molecular flexibility index (Phi) is 9.33. The van der Waals surface area contributed by atoms with Gasteiger partial charge in [-0.25, -0.2) is 27.6 Å². The maximum Gasteiger partial charge on any atom is 0.330 e. The smallest absolute Gasteiger partial charge is 0.325 e. The van der Waals surface area contributed by atoms with Crippen LogP contribution in [0.5, 0.6) is 0 Å². The van der Waals surface area contributed by atoms with Gasteiger partial charge in [0.25, 0.3) is 0 Å². The molecule has 1 aromatic heterocycles. The van der Waals surface area contributed by atoms with Gasteiger partial charge in [0.1, 0.15) is 23.5 Å². The second-order valence-corrected chi connectivity index (χ2v) is 10.5. The van der Waals surface area contributed by atoms with Gasteiger partial charge in [-0.15, -0.1) is 0 Å². The molecule has 0 saturated heterocycles. The summed E-state index contributed by atoms with van der Waals surface area (Å²) in [6, 6.07) is 10.2. The molecule has 0 saturated carbocycles. The topological polar surface area (TPSA) is 136 Å². The van der Waals surface area contributed by atoms with Crippen molar-refractivity contribution in [3.8, 4) is 6.07 Å². The minimum absolute atomic E-state index is 0. The highest BCUT2D eigenvalue weighted by Crippen LogP contribution is 2.27. The fourth-order valence-electron chi connectivity index (χ4n) is 4.28. The highest BCUT2D eigenvalue weighted by Gasteiger charge is 2.33. The molecule has 10 nitrogen and oxygen atoms in total. The van der Waals surface area contributed by atoms with Crippen LogP contribution in [0.15, 0.2) is 54.7 Å². The zero-order chi connectivity index (χ0) is 28.3. The molecule has 2 aromatic carbocycles. The molecule has 1 atom stereocenters. The normalized spacial score (nSPS) is 12.9. The molecule has 3 aromatic rings. The highest BCUT2D eigenvalue weighted by molar-refractivity contribution is 7.91. The number of pyridine rings is 1. The molecule has 210 valence electrons. The first-order valence-electron chi connectivity index (χ1n) is 11.8. The van der Waals surface area contributed by atoms with Crippen molar-refractivity contribution >= 4 is 47.1 Å². The number of aromatic nitrogens is 1. The Morgan fingerprint density at radius 1 is 1.18 bits per heavy atom. The van der Waals surface area contributed by atoms with Gasteiger partial charge >= 0.3 is 16.2 Å². The first-order valence-corrected chi connectivity index (χ1v) is 13.2. The van der Waals surface area contributed by atoms with E-state index in [2.05, 4.69) is 10.3 Å². The van der Waals surface area contributed by atoms with E-state index in [1.165, 1.54) is 30.3 Å². The van der Waals surface area contributed by atoms with E-state index < -0.39 is 39.8 Å². The average molecular weight is 589 g/mol. The minimum atomic E-state index is -4.38. The number of amides is 3. The summed E-state index contributed by atoms with van der Waals surface area (Å²) in [6.07, 6.45) is 1.50. The van der Waals surface area contributed by atoms with Crippen molar-refractivity contribution in [1.82, 2.24) is 15.0 Å². The van der Waals surface area contributed by atoms with Crippen LogP contribution in [0.1, 0.15) is 22.3 Å². The Morgan fingerprint density at radius 2 is 1.88 bits per heavy atom. The fraction of sp³-hybridized carbons (Fsp3) is 0.231. The Bertz CT molecular complexity index is 1580. The van der Waals surface area contributed by atoms with Gasteiger partial charge in [-0.2, -0.15) is 27.2 Å². The first kappa shape index (κ1) is 30.3. The van der Waals surface area contributed by atoms with Crippen LogP contribution in [-0.2, 0) is 27.8 Å². The number of carbonyl (C=O) groups is 2. The van der Waals surface area contributed by atoms with Crippen LogP contribution in [0.3, 0.4) is 0 Å². The third kappa shape index (κ3) is 6.67. The Balaban J connectivity index is 0.00000441. The lowest BCUT2D eigenvalue weighted by Crippen LogP contribution is -2.54. The van der Waals surface area contributed by atoms with Crippen molar-refractivity contribution in [2.75, 3.05) is 22.8 Å². The van der Waals surface area contributed by atoms with E-state index in [0.29, 0.717) is 34.9 Å². The summed E-state index contributed by atoms with van der Waals surface area (Å²) in [6.45, 7) is 1.76. The molecule has 0 radical (unpaired) electrons. The molecule has 0 bridgehead atoms. The van der Waals surface area contributed by atoms with Crippen LogP contribution in [-0.4, -0.2) is 45.0 Å². The summed E-state index contributed by atoms with van der Waals surface area (Å²) < 4.78 is 56.4. The number of halogens is 2. The third-order valence-electron chi connectivity index (χ3n) is 6.21. The average Bonchev–Trinajstić information content (AvgIpc) is 3.32. The van der Waals surface area contributed by atoms with Gasteiger partial charge in [0.15, 0.2) is 0 Å². The zero-order valence-corrected chi connectivity index (χ0v) is 23.3. The van der Waals surface area contributed by atoms with Gasteiger partial charge in [-0.05, 0) is 66.4 Å². The molecule has 0 unspecified atom stereocenters. The summed E-state index contributed by atoms with van der Waals surface area (Å²) in [5.74, 6) is -2.25. The predicted molar refractivity (Wildman–Crippen MR) is 149 cm³/mol. The molecule has 40 heavy (non-hydrogen) atoms. The molecule has 1 aliphatic heterocycles. The van der Waals surface area contributed by atoms with E-state index in [4.69, 9.17) is 0 Å². The van der Waals surface area contributed by atoms with Crippen molar-refractivity contribution < 1.29 is 26.8 Å². The molecular formula is C26H26F2N6O4S2. The number of rotatable bonds is 7. The van der Waals surface area contributed by atoms with Gasteiger partial charge in [0.05, 0.1) is 11.6 Å². The van der Waals surface area contributed by atoms with Gasteiger partial charge in [-0.3, -0.25) is 4.79 Å². The van der Waals surface area contributed by atoms with Gasteiger partial charge in [0, 0.05) is 38.0 Å². The second-order valence-electron chi connectivity index (χ2n) is 8.93. The van der Waals surface area contributed by atoms with Crippen molar-refractivity contribution in [2.45, 2.75) is 25.8 Å². The van der Waals surface area contributed by atoms with Crippen LogP contribution >= 0.6 is 13.5 Å². The standard InChI is InChI=1S/C26H24F2N6O4S.H2S/c1-16-10-22(6-5-19(16)15-29)33(2)25(35)23(13-17-11-20(27)14-21(28)12-17)31-26(36)32-39(37,38)34-9-7-18-4-3-8-30-24(18)34;/h3-6,8,10-12,14,23H,7,9,13H2,1-2H3,(H2,31,32,36);1H2/t23-;/m0./s1. The number of nitrogens with one attached hydrogen (secondary N) is 2. The van der Waals surface area contributed by atoms with Crippen molar-refractivity contribution in [3.05, 3.63) is 88.6 Å². The van der Waals surface area contributed by atoms with Crippen LogP contribution in [0.25, 0.3) is 0 Å². The number of anilines is 2.